The molecule has 2 atom stereocenters. The van der Waals surface area contributed by atoms with Gasteiger partial charge in [-0.05, 0) is 43.0 Å². The number of hydrogen-bond donors (Lipinski definition) is 2. The second kappa shape index (κ2) is 5.54. The van der Waals surface area contributed by atoms with Crippen LogP contribution in [0.4, 0.5) is 5.69 Å². The van der Waals surface area contributed by atoms with Crippen molar-refractivity contribution in [1.82, 2.24) is 5.32 Å². The van der Waals surface area contributed by atoms with Gasteiger partial charge in [-0.3, -0.25) is 4.79 Å². The predicted octanol–water partition coefficient (Wildman–Crippen LogP) is 1.77. The van der Waals surface area contributed by atoms with Crippen molar-refractivity contribution in [1.29, 1.82) is 0 Å². The molecule has 108 valence electrons. The SMILES string of the molecule is CCC(=O)N1CCc2cc(C(O)C3CCCN3)ccc21. The molecule has 2 aliphatic rings. The molecule has 0 aliphatic carbocycles. The molecule has 4 nitrogen and oxygen atoms in total. The quantitative estimate of drug-likeness (QED) is 0.883. The number of nitrogens with one attached hydrogen (secondary N) is 1. The maximum absolute atomic E-state index is 11.9. The van der Waals surface area contributed by atoms with Gasteiger partial charge in [0.05, 0.1) is 6.10 Å². The summed E-state index contributed by atoms with van der Waals surface area (Å²) in [5.74, 6) is 0.175. The second-order valence-corrected chi connectivity index (χ2v) is 5.68. The summed E-state index contributed by atoms with van der Waals surface area (Å²) in [6.45, 7) is 3.65. The van der Waals surface area contributed by atoms with Gasteiger partial charge in [0.2, 0.25) is 5.91 Å². The largest absolute Gasteiger partial charge is 0.387 e. The van der Waals surface area contributed by atoms with Crippen molar-refractivity contribution >= 4 is 11.6 Å². The molecular weight excluding hydrogens is 252 g/mol. The summed E-state index contributed by atoms with van der Waals surface area (Å²) in [5, 5.41) is 13.8. The number of carbonyl (C=O) groups is 1. The molecule has 1 aromatic carbocycles. The van der Waals surface area contributed by atoms with E-state index in [4.69, 9.17) is 0 Å². The van der Waals surface area contributed by atoms with Gasteiger partial charge in [-0.25, -0.2) is 0 Å². The number of hydrogen-bond acceptors (Lipinski definition) is 3. The number of fused-ring (bicyclic) bond motifs is 1. The van der Waals surface area contributed by atoms with E-state index in [-0.39, 0.29) is 11.9 Å². The zero-order chi connectivity index (χ0) is 14.1. The first-order chi connectivity index (χ1) is 9.70. The fourth-order valence-electron chi connectivity index (χ4n) is 3.27. The van der Waals surface area contributed by atoms with Crippen LogP contribution >= 0.6 is 0 Å². The van der Waals surface area contributed by atoms with Gasteiger partial charge in [0, 0.05) is 24.7 Å². The van der Waals surface area contributed by atoms with E-state index in [0.29, 0.717) is 6.42 Å². The highest BCUT2D eigenvalue weighted by molar-refractivity contribution is 5.95. The van der Waals surface area contributed by atoms with Crippen molar-refractivity contribution < 1.29 is 9.90 Å². The van der Waals surface area contributed by atoms with Gasteiger partial charge < -0.3 is 15.3 Å². The number of nitrogens with zero attached hydrogens (tertiary/aromatic N) is 1. The highest BCUT2D eigenvalue weighted by Gasteiger charge is 2.27. The van der Waals surface area contributed by atoms with Crippen molar-refractivity contribution in [2.24, 2.45) is 0 Å². The molecule has 0 bridgehead atoms. The van der Waals surface area contributed by atoms with Crippen LogP contribution in [0, 0.1) is 0 Å². The first-order valence-electron chi connectivity index (χ1n) is 7.55. The Balaban J connectivity index is 1.82. The van der Waals surface area contributed by atoms with E-state index in [0.717, 1.165) is 43.6 Å². The fourth-order valence-corrected chi connectivity index (χ4v) is 3.27. The third-order valence-electron chi connectivity index (χ3n) is 4.42. The lowest BCUT2D eigenvalue weighted by atomic mass is 9.98. The molecule has 1 saturated heterocycles. The van der Waals surface area contributed by atoms with Gasteiger partial charge in [0.15, 0.2) is 0 Å². The Morgan fingerprint density at radius 3 is 3.10 bits per heavy atom. The van der Waals surface area contributed by atoms with Gasteiger partial charge >= 0.3 is 0 Å². The van der Waals surface area contributed by atoms with Gasteiger partial charge in [-0.15, -0.1) is 0 Å². The molecule has 2 N–H and O–H groups in total. The molecule has 0 spiro atoms. The van der Waals surface area contributed by atoms with Crippen LogP contribution in [-0.4, -0.2) is 30.1 Å². The highest BCUT2D eigenvalue weighted by atomic mass is 16.3. The van der Waals surface area contributed by atoms with Gasteiger partial charge in [0.25, 0.3) is 0 Å². The molecule has 0 radical (unpaired) electrons. The monoisotopic (exact) mass is 274 g/mol. The Morgan fingerprint density at radius 1 is 1.55 bits per heavy atom. The van der Waals surface area contributed by atoms with Crippen LogP contribution in [0.1, 0.15) is 43.4 Å². The van der Waals surface area contributed by atoms with Crippen molar-refractivity contribution in [3.8, 4) is 0 Å². The molecule has 0 saturated carbocycles. The second-order valence-electron chi connectivity index (χ2n) is 5.68. The normalized spacial score (nSPS) is 22.9. The summed E-state index contributed by atoms with van der Waals surface area (Å²) in [6.07, 6.45) is 3.14. The van der Waals surface area contributed by atoms with Gasteiger partial charge in [0.1, 0.15) is 0 Å². The van der Waals surface area contributed by atoms with Gasteiger partial charge in [-0.1, -0.05) is 19.1 Å². The van der Waals surface area contributed by atoms with E-state index in [1.807, 2.05) is 24.0 Å². The summed E-state index contributed by atoms with van der Waals surface area (Å²) in [7, 11) is 0. The van der Waals surface area contributed by atoms with Crippen molar-refractivity contribution in [3.63, 3.8) is 0 Å². The Labute approximate surface area is 119 Å². The summed E-state index contributed by atoms with van der Waals surface area (Å²) in [5.41, 5.74) is 3.17. The molecule has 2 unspecified atom stereocenters. The predicted molar refractivity (Wildman–Crippen MR) is 78.8 cm³/mol. The molecule has 4 heteroatoms. The molecule has 2 heterocycles. The van der Waals surface area contributed by atoms with E-state index in [1.54, 1.807) is 0 Å². The van der Waals surface area contributed by atoms with Crippen LogP contribution in [0.5, 0.6) is 0 Å². The number of benzene rings is 1. The zero-order valence-electron chi connectivity index (χ0n) is 11.9. The maximum Gasteiger partial charge on any atom is 0.226 e. The van der Waals surface area contributed by atoms with Crippen LogP contribution in [0.15, 0.2) is 18.2 Å². The van der Waals surface area contributed by atoms with Crippen molar-refractivity contribution in [3.05, 3.63) is 29.3 Å². The summed E-state index contributed by atoms with van der Waals surface area (Å²) < 4.78 is 0. The lowest BCUT2D eigenvalue weighted by molar-refractivity contribution is -0.118. The van der Waals surface area contributed by atoms with Crippen LogP contribution in [0.3, 0.4) is 0 Å². The Hall–Kier alpha value is -1.39. The Bertz CT molecular complexity index is 509. The third-order valence-corrected chi connectivity index (χ3v) is 4.42. The number of rotatable bonds is 3. The summed E-state index contributed by atoms with van der Waals surface area (Å²) in [4.78, 5) is 13.7. The molecule has 3 rings (SSSR count). The van der Waals surface area contributed by atoms with Gasteiger partial charge in [-0.2, -0.15) is 0 Å². The van der Waals surface area contributed by atoms with Crippen molar-refractivity contribution in [2.45, 2.75) is 44.8 Å². The van der Waals surface area contributed by atoms with E-state index < -0.39 is 6.10 Å². The van der Waals surface area contributed by atoms with Crippen LogP contribution in [-0.2, 0) is 11.2 Å². The maximum atomic E-state index is 11.9. The van der Waals surface area contributed by atoms with E-state index in [1.165, 1.54) is 5.56 Å². The molecule has 1 fully saturated rings. The zero-order valence-corrected chi connectivity index (χ0v) is 11.9. The first kappa shape index (κ1) is 13.6. The third kappa shape index (κ3) is 2.34. The first-order valence-corrected chi connectivity index (χ1v) is 7.55. The van der Waals surface area contributed by atoms with E-state index in [2.05, 4.69) is 11.4 Å². The molecular formula is C16H22N2O2. The van der Waals surface area contributed by atoms with E-state index >= 15 is 0 Å². The summed E-state index contributed by atoms with van der Waals surface area (Å²) >= 11 is 0. The number of carbonyl (C=O) groups excluding carboxylic acids is 1. The number of aliphatic hydroxyl groups is 1. The smallest absolute Gasteiger partial charge is 0.226 e. The Kier molecular flexibility index (Phi) is 3.76. The minimum absolute atomic E-state index is 0.169. The molecule has 20 heavy (non-hydrogen) atoms. The topological polar surface area (TPSA) is 52.6 Å². The number of aliphatic hydroxyl groups excluding tert-OH is 1. The highest BCUT2D eigenvalue weighted by Crippen LogP contribution is 2.32. The van der Waals surface area contributed by atoms with Crippen molar-refractivity contribution in [2.75, 3.05) is 18.0 Å². The van der Waals surface area contributed by atoms with E-state index in [9.17, 15) is 9.90 Å². The Morgan fingerprint density at radius 2 is 2.40 bits per heavy atom. The molecule has 2 aliphatic heterocycles. The average molecular weight is 274 g/mol. The molecule has 1 amide bonds. The number of anilines is 1. The van der Waals surface area contributed by atoms with Crippen LogP contribution < -0.4 is 10.2 Å². The summed E-state index contributed by atoms with van der Waals surface area (Å²) in [6, 6.07) is 6.19. The number of amides is 1. The molecule has 0 aromatic heterocycles. The lowest BCUT2D eigenvalue weighted by Gasteiger charge is -2.20. The fraction of sp³-hybridized carbons (Fsp3) is 0.562. The lowest BCUT2D eigenvalue weighted by Crippen LogP contribution is -2.29. The minimum Gasteiger partial charge on any atom is -0.387 e. The average Bonchev–Trinajstić information content (AvgIpc) is 3.14. The van der Waals surface area contributed by atoms with Crippen LogP contribution in [0.2, 0.25) is 0 Å². The standard InChI is InChI=1S/C16H22N2O2/c1-2-15(19)18-9-7-11-10-12(5-6-14(11)18)16(20)13-4-3-8-17-13/h5-6,10,13,16-17,20H,2-4,7-9H2,1H3. The molecule has 1 aromatic rings. The van der Waals surface area contributed by atoms with Crippen LogP contribution in [0.25, 0.3) is 0 Å². The minimum atomic E-state index is -0.446.